The molecule has 2 rings (SSSR count). The number of benzene rings is 1. The van der Waals surface area contributed by atoms with Crippen LogP contribution in [0.5, 0.6) is 0 Å². The number of piperidine rings is 1. The number of hydrogen-bond acceptors (Lipinski definition) is 3. The van der Waals surface area contributed by atoms with Gasteiger partial charge >= 0.3 is 6.03 Å². The van der Waals surface area contributed by atoms with Crippen LogP contribution in [0.2, 0.25) is 0 Å². The number of urea groups is 1. The molecule has 1 saturated heterocycles. The molecule has 23 heavy (non-hydrogen) atoms. The average Bonchev–Trinajstić information content (AvgIpc) is 2.60. The van der Waals surface area contributed by atoms with Gasteiger partial charge in [-0.25, -0.2) is 4.79 Å². The lowest BCUT2D eigenvalue weighted by Crippen LogP contribution is -2.38. The Kier molecular flexibility index (Phi) is 7.36. The van der Waals surface area contributed by atoms with Crippen LogP contribution in [0.4, 0.5) is 4.79 Å². The first-order chi connectivity index (χ1) is 11.2. The van der Waals surface area contributed by atoms with E-state index in [0.717, 1.165) is 36.6 Å². The molecule has 0 bridgehead atoms. The third-order valence-electron chi connectivity index (χ3n) is 4.72. The standard InChI is InChI=1S/C18H29N3O2/c1-2-21-11-8-15(9-12-21)7-10-19-18(23)20-13-16-5-3-4-6-17(16)14-22/h3-6,15,22H,2,7-14H2,1H3,(H2,19,20,23). The van der Waals surface area contributed by atoms with E-state index < -0.39 is 0 Å². The summed E-state index contributed by atoms with van der Waals surface area (Å²) in [5.74, 6) is 0.730. The molecule has 1 aromatic carbocycles. The second-order valence-corrected chi connectivity index (χ2v) is 6.20. The summed E-state index contributed by atoms with van der Waals surface area (Å²) < 4.78 is 0. The van der Waals surface area contributed by atoms with E-state index in [1.807, 2.05) is 24.3 Å². The van der Waals surface area contributed by atoms with Crippen LogP contribution in [0.3, 0.4) is 0 Å². The largest absolute Gasteiger partial charge is 0.392 e. The fraction of sp³-hybridized carbons (Fsp3) is 0.611. The van der Waals surface area contributed by atoms with Crippen LogP contribution in [0.1, 0.15) is 37.3 Å². The van der Waals surface area contributed by atoms with E-state index in [9.17, 15) is 9.90 Å². The number of hydrogen-bond donors (Lipinski definition) is 3. The van der Waals surface area contributed by atoms with Crippen molar-refractivity contribution in [3.05, 3.63) is 35.4 Å². The first kappa shape index (κ1) is 17.8. The minimum absolute atomic E-state index is 0.00404. The molecule has 1 heterocycles. The van der Waals surface area contributed by atoms with Crippen molar-refractivity contribution in [3.8, 4) is 0 Å². The molecule has 0 saturated carbocycles. The molecule has 5 heteroatoms. The Bertz CT molecular complexity index is 485. The number of carbonyl (C=O) groups is 1. The van der Waals surface area contributed by atoms with E-state index in [-0.39, 0.29) is 12.6 Å². The van der Waals surface area contributed by atoms with Crippen molar-refractivity contribution >= 4 is 6.03 Å². The number of nitrogens with one attached hydrogen (secondary N) is 2. The monoisotopic (exact) mass is 319 g/mol. The van der Waals surface area contributed by atoms with Gasteiger partial charge in [0, 0.05) is 13.1 Å². The van der Waals surface area contributed by atoms with Crippen molar-refractivity contribution in [3.63, 3.8) is 0 Å². The molecule has 1 fully saturated rings. The molecule has 0 spiro atoms. The summed E-state index contributed by atoms with van der Waals surface area (Å²) >= 11 is 0. The second-order valence-electron chi connectivity index (χ2n) is 6.20. The SMILES string of the molecule is CCN1CCC(CCNC(=O)NCc2ccccc2CO)CC1. The Morgan fingerprint density at radius 2 is 1.91 bits per heavy atom. The van der Waals surface area contributed by atoms with Crippen molar-refractivity contribution in [1.82, 2.24) is 15.5 Å². The fourth-order valence-corrected chi connectivity index (χ4v) is 3.10. The molecule has 0 unspecified atom stereocenters. The predicted octanol–water partition coefficient (Wildman–Crippen LogP) is 2.10. The summed E-state index contributed by atoms with van der Waals surface area (Å²) in [5.41, 5.74) is 1.81. The Hall–Kier alpha value is -1.59. The first-order valence-corrected chi connectivity index (χ1v) is 8.64. The van der Waals surface area contributed by atoms with Crippen LogP contribution in [-0.4, -0.2) is 42.2 Å². The number of amides is 2. The Balaban J connectivity index is 1.62. The van der Waals surface area contributed by atoms with Crippen LogP contribution < -0.4 is 10.6 Å². The maximum absolute atomic E-state index is 11.9. The predicted molar refractivity (Wildman–Crippen MR) is 92.1 cm³/mol. The summed E-state index contributed by atoms with van der Waals surface area (Å²) in [6.07, 6.45) is 3.53. The van der Waals surface area contributed by atoms with E-state index in [4.69, 9.17) is 0 Å². The van der Waals surface area contributed by atoms with Crippen molar-refractivity contribution in [2.75, 3.05) is 26.2 Å². The Morgan fingerprint density at radius 3 is 2.57 bits per heavy atom. The molecule has 2 amide bonds. The number of carbonyl (C=O) groups excluding carboxylic acids is 1. The topological polar surface area (TPSA) is 64.6 Å². The van der Waals surface area contributed by atoms with E-state index in [2.05, 4.69) is 22.5 Å². The summed E-state index contributed by atoms with van der Waals surface area (Å²) in [5, 5.41) is 15.1. The van der Waals surface area contributed by atoms with Crippen molar-refractivity contribution < 1.29 is 9.90 Å². The molecule has 0 radical (unpaired) electrons. The molecule has 5 nitrogen and oxygen atoms in total. The highest BCUT2D eigenvalue weighted by atomic mass is 16.3. The summed E-state index contributed by atoms with van der Waals surface area (Å²) in [4.78, 5) is 14.3. The summed E-state index contributed by atoms with van der Waals surface area (Å²) in [6.45, 7) is 6.89. The lowest BCUT2D eigenvalue weighted by molar-refractivity contribution is 0.186. The molecular formula is C18H29N3O2. The van der Waals surface area contributed by atoms with E-state index >= 15 is 0 Å². The molecule has 128 valence electrons. The number of aliphatic hydroxyl groups excluding tert-OH is 1. The number of aliphatic hydroxyl groups is 1. The zero-order valence-corrected chi connectivity index (χ0v) is 14.1. The molecular weight excluding hydrogens is 290 g/mol. The van der Waals surface area contributed by atoms with Crippen molar-refractivity contribution in [2.45, 2.75) is 39.3 Å². The molecule has 1 aliphatic heterocycles. The third kappa shape index (κ3) is 5.84. The van der Waals surface area contributed by atoms with Gasteiger partial charge in [-0.05, 0) is 55.9 Å². The van der Waals surface area contributed by atoms with Gasteiger partial charge in [0.05, 0.1) is 6.61 Å². The maximum atomic E-state index is 11.9. The van der Waals surface area contributed by atoms with E-state index in [1.165, 1.54) is 25.9 Å². The minimum Gasteiger partial charge on any atom is -0.392 e. The molecule has 1 aromatic rings. The van der Waals surface area contributed by atoms with Crippen LogP contribution in [0.15, 0.2) is 24.3 Å². The van der Waals surface area contributed by atoms with Crippen LogP contribution in [-0.2, 0) is 13.2 Å². The Morgan fingerprint density at radius 1 is 1.22 bits per heavy atom. The smallest absolute Gasteiger partial charge is 0.315 e. The Labute approximate surface area is 139 Å². The highest BCUT2D eigenvalue weighted by Gasteiger charge is 2.17. The zero-order chi connectivity index (χ0) is 16.5. The van der Waals surface area contributed by atoms with Gasteiger partial charge in [0.25, 0.3) is 0 Å². The maximum Gasteiger partial charge on any atom is 0.315 e. The number of likely N-dealkylation sites (tertiary alicyclic amines) is 1. The zero-order valence-electron chi connectivity index (χ0n) is 14.1. The van der Waals surface area contributed by atoms with Gasteiger partial charge in [0.1, 0.15) is 0 Å². The molecule has 1 aliphatic rings. The molecule has 0 aliphatic carbocycles. The minimum atomic E-state index is -0.135. The van der Waals surface area contributed by atoms with Gasteiger partial charge in [0.15, 0.2) is 0 Å². The highest BCUT2D eigenvalue weighted by molar-refractivity contribution is 5.73. The van der Waals surface area contributed by atoms with Crippen molar-refractivity contribution in [2.24, 2.45) is 5.92 Å². The van der Waals surface area contributed by atoms with E-state index in [0.29, 0.717) is 6.54 Å². The lowest BCUT2D eigenvalue weighted by atomic mass is 9.93. The molecule has 3 N–H and O–H groups in total. The van der Waals surface area contributed by atoms with Crippen molar-refractivity contribution in [1.29, 1.82) is 0 Å². The van der Waals surface area contributed by atoms with Crippen LogP contribution >= 0.6 is 0 Å². The molecule has 0 aromatic heterocycles. The normalized spacial score (nSPS) is 16.3. The van der Waals surface area contributed by atoms with Crippen LogP contribution in [0, 0.1) is 5.92 Å². The molecule has 0 atom stereocenters. The van der Waals surface area contributed by atoms with E-state index in [1.54, 1.807) is 0 Å². The van der Waals surface area contributed by atoms with Gasteiger partial charge < -0.3 is 20.6 Å². The summed E-state index contributed by atoms with van der Waals surface area (Å²) in [7, 11) is 0. The van der Waals surface area contributed by atoms with Gasteiger partial charge in [-0.1, -0.05) is 31.2 Å². The number of nitrogens with zero attached hydrogens (tertiary/aromatic N) is 1. The number of rotatable bonds is 7. The first-order valence-electron chi connectivity index (χ1n) is 8.64. The van der Waals surface area contributed by atoms with Gasteiger partial charge in [0.2, 0.25) is 0 Å². The average molecular weight is 319 g/mol. The second kappa shape index (κ2) is 9.53. The lowest BCUT2D eigenvalue weighted by Gasteiger charge is -2.31. The summed E-state index contributed by atoms with van der Waals surface area (Å²) in [6, 6.07) is 7.46. The quantitative estimate of drug-likeness (QED) is 0.721. The van der Waals surface area contributed by atoms with Gasteiger partial charge in [-0.15, -0.1) is 0 Å². The third-order valence-corrected chi connectivity index (χ3v) is 4.72. The van der Waals surface area contributed by atoms with Crippen LogP contribution in [0.25, 0.3) is 0 Å². The van der Waals surface area contributed by atoms with Gasteiger partial charge in [-0.3, -0.25) is 0 Å². The van der Waals surface area contributed by atoms with Gasteiger partial charge in [-0.2, -0.15) is 0 Å². The fourth-order valence-electron chi connectivity index (χ4n) is 3.10. The highest BCUT2D eigenvalue weighted by Crippen LogP contribution is 2.19.